The maximum absolute atomic E-state index is 12.0. The molecule has 2 unspecified atom stereocenters. The molecular formula is C14H16BrN3O. The molecule has 0 saturated carbocycles. The van der Waals surface area contributed by atoms with Gasteiger partial charge in [0.05, 0.1) is 17.1 Å². The molecule has 2 aromatic rings. The first kappa shape index (κ1) is 14.0. The predicted octanol–water partition coefficient (Wildman–Crippen LogP) is 2.92. The van der Waals surface area contributed by atoms with Gasteiger partial charge in [-0.05, 0) is 35.0 Å². The van der Waals surface area contributed by atoms with Gasteiger partial charge in [-0.25, -0.2) is 0 Å². The number of carbonyl (C=O) groups excluding carboxylic acids is 1. The van der Waals surface area contributed by atoms with Gasteiger partial charge in [0.1, 0.15) is 0 Å². The Balaban J connectivity index is 2.33. The summed E-state index contributed by atoms with van der Waals surface area (Å²) in [6.45, 7) is 3.64. The molecule has 4 nitrogen and oxygen atoms in total. The highest BCUT2D eigenvalue weighted by Crippen LogP contribution is 2.24. The zero-order chi connectivity index (χ0) is 14.0. The third kappa shape index (κ3) is 3.11. The number of halogens is 1. The lowest BCUT2D eigenvalue weighted by atomic mass is 10.0. The molecule has 0 aliphatic carbocycles. The van der Waals surface area contributed by atoms with E-state index in [2.05, 4.69) is 26.2 Å². The van der Waals surface area contributed by atoms with Gasteiger partial charge in [0.25, 0.3) is 0 Å². The van der Waals surface area contributed by atoms with Gasteiger partial charge < -0.3 is 11.1 Å². The third-order valence-corrected chi connectivity index (χ3v) is 3.57. The summed E-state index contributed by atoms with van der Waals surface area (Å²) in [5.41, 5.74) is 7.22. The standard InChI is InChI=1S/C14H16BrN3O/c1-8(9(2)16)14(19)18-12-5-3-4-10-6-11(15)7-17-13(10)12/h3-9H,16H2,1-2H3,(H,18,19). The van der Waals surface area contributed by atoms with Crippen LogP contribution in [0.3, 0.4) is 0 Å². The first-order chi connectivity index (χ1) is 8.99. The van der Waals surface area contributed by atoms with Crippen LogP contribution in [0.25, 0.3) is 10.9 Å². The third-order valence-electron chi connectivity index (χ3n) is 3.14. The van der Waals surface area contributed by atoms with E-state index in [9.17, 15) is 4.79 Å². The number of hydrogen-bond donors (Lipinski definition) is 2. The van der Waals surface area contributed by atoms with Crippen molar-refractivity contribution in [2.24, 2.45) is 11.7 Å². The molecule has 0 bridgehead atoms. The van der Waals surface area contributed by atoms with Crippen LogP contribution in [0, 0.1) is 5.92 Å². The van der Waals surface area contributed by atoms with Gasteiger partial charge in [-0.2, -0.15) is 0 Å². The number of anilines is 1. The zero-order valence-corrected chi connectivity index (χ0v) is 12.4. The smallest absolute Gasteiger partial charge is 0.228 e. The lowest BCUT2D eigenvalue weighted by Crippen LogP contribution is -2.34. The fraction of sp³-hybridized carbons (Fsp3) is 0.286. The van der Waals surface area contributed by atoms with E-state index in [1.165, 1.54) is 0 Å². The lowest BCUT2D eigenvalue weighted by Gasteiger charge is -2.16. The van der Waals surface area contributed by atoms with Gasteiger partial charge in [-0.1, -0.05) is 19.1 Å². The van der Waals surface area contributed by atoms with E-state index >= 15 is 0 Å². The number of pyridine rings is 1. The summed E-state index contributed by atoms with van der Waals surface area (Å²) in [6.07, 6.45) is 1.72. The van der Waals surface area contributed by atoms with Crippen molar-refractivity contribution in [2.75, 3.05) is 5.32 Å². The summed E-state index contributed by atoms with van der Waals surface area (Å²) >= 11 is 3.38. The topological polar surface area (TPSA) is 68.0 Å². The van der Waals surface area contributed by atoms with Gasteiger partial charge in [0.2, 0.25) is 5.91 Å². The van der Waals surface area contributed by atoms with E-state index in [1.54, 1.807) is 6.20 Å². The second-order valence-corrected chi connectivity index (χ2v) is 5.58. The van der Waals surface area contributed by atoms with Crippen molar-refractivity contribution >= 4 is 38.4 Å². The van der Waals surface area contributed by atoms with E-state index in [0.29, 0.717) is 5.69 Å². The van der Waals surface area contributed by atoms with Gasteiger partial charge in [-0.3, -0.25) is 9.78 Å². The summed E-state index contributed by atoms with van der Waals surface area (Å²) in [4.78, 5) is 16.4. The summed E-state index contributed by atoms with van der Waals surface area (Å²) in [5, 5.41) is 3.86. The van der Waals surface area contributed by atoms with E-state index < -0.39 is 0 Å². The molecule has 1 heterocycles. The van der Waals surface area contributed by atoms with Crippen LogP contribution in [0.5, 0.6) is 0 Å². The largest absolute Gasteiger partial charge is 0.327 e. The highest BCUT2D eigenvalue weighted by Gasteiger charge is 2.17. The molecule has 1 aromatic heterocycles. The normalized spacial score (nSPS) is 14.1. The Kier molecular flexibility index (Phi) is 4.17. The average molecular weight is 322 g/mol. The van der Waals surface area contributed by atoms with Crippen LogP contribution >= 0.6 is 15.9 Å². The molecule has 1 amide bonds. The van der Waals surface area contributed by atoms with Crippen LogP contribution in [-0.4, -0.2) is 16.9 Å². The molecule has 3 N–H and O–H groups in total. The molecule has 1 aromatic carbocycles. The van der Waals surface area contributed by atoms with Gasteiger partial charge in [0, 0.05) is 22.1 Å². The van der Waals surface area contributed by atoms with Crippen molar-refractivity contribution < 1.29 is 4.79 Å². The minimum atomic E-state index is -0.245. The van der Waals surface area contributed by atoms with Crippen LogP contribution in [0.4, 0.5) is 5.69 Å². The van der Waals surface area contributed by atoms with Crippen LogP contribution in [0.2, 0.25) is 0 Å². The monoisotopic (exact) mass is 321 g/mol. The lowest BCUT2D eigenvalue weighted by molar-refractivity contribution is -0.119. The predicted molar refractivity (Wildman–Crippen MR) is 80.9 cm³/mol. The number of benzene rings is 1. The molecule has 0 fully saturated rings. The molecule has 2 rings (SSSR count). The number of rotatable bonds is 3. The van der Waals surface area contributed by atoms with Crippen molar-refractivity contribution in [3.63, 3.8) is 0 Å². The first-order valence-electron chi connectivity index (χ1n) is 6.09. The Morgan fingerprint density at radius 3 is 2.84 bits per heavy atom. The number of para-hydroxylation sites is 1. The quantitative estimate of drug-likeness (QED) is 0.913. The van der Waals surface area contributed by atoms with E-state index in [-0.39, 0.29) is 17.9 Å². The Hall–Kier alpha value is -1.46. The minimum absolute atomic E-state index is 0.0905. The minimum Gasteiger partial charge on any atom is -0.327 e. The Bertz CT molecular complexity index is 613. The second-order valence-electron chi connectivity index (χ2n) is 4.67. The number of carbonyl (C=O) groups is 1. The molecule has 0 radical (unpaired) electrons. The molecule has 100 valence electrons. The maximum Gasteiger partial charge on any atom is 0.228 e. The number of fused-ring (bicyclic) bond motifs is 1. The highest BCUT2D eigenvalue weighted by molar-refractivity contribution is 9.10. The number of nitrogens with one attached hydrogen (secondary N) is 1. The number of amides is 1. The van der Waals surface area contributed by atoms with Crippen molar-refractivity contribution in [1.29, 1.82) is 0 Å². The molecule has 0 aliphatic rings. The molecule has 0 saturated heterocycles. The Morgan fingerprint density at radius 1 is 1.42 bits per heavy atom. The summed E-state index contributed by atoms with van der Waals surface area (Å²) < 4.78 is 0.910. The van der Waals surface area contributed by atoms with Gasteiger partial charge in [-0.15, -0.1) is 0 Å². The molecular weight excluding hydrogens is 306 g/mol. The Morgan fingerprint density at radius 2 is 2.16 bits per heavy atom. The van der Waals surface area contributed by atoms with Crippen molar-refractivity contribution in [3.8, 4) is 0 Å². The molecule has 0 aliphatic heterocycles. The first-order valence-corrected chi connectivity index (χ1v) is 6.89. The SMILES string of the molecule is CC(N)C(C)C(=O)Nc1cccc2cc(Br)cnc12. The number of nitrogens with zero attached hydrogens (tertiary/aromatic N) is 1. The van der Waals surface area contributed by atoms with Crippen LogP contribution in [0.1, 0.15) is 13.8 Å². The highest BCUT2D eigenvalue weighted by atomic mass is 79.9. The average Bonchev–Trinajstić information content (AvgIpc) is 2.37. The molecule has 5 heteroatoms. The fourth-order valence-electron chi connectivity index (χ4n) is 1.72. The molecule has 2 atom stereocenters. The zero-order valence-electron chi connectivity index (χ0n) is 10.9. The number of hydrogen-bond acceptors (Lipinski definition) is 3. The Labute approximate surface area is 120 Å². The van der Waals surface area contributed by atoms with Gasteiger partial charge >= 0.3 is 0 Å². The van der Waals surface area contributed by atoms with E-state index in [4.69, 9.17) is 5.73 Å². The maximum atomic E-state index is 12.0. The number of nitrogens with two attached hydrogens (primary N) is 1. The summed E-state index contributed by atoms with van der Waals surface area (Å²) in [5.74, 6) is -0.335. The fourth-order valence-corrected chi connectivity index (χ4v) is 2.07. The summed E-state index contributed by atoms with van der Waals surface area (Å²) in [7, 11) is 0. The van der Waals surface area contributed by atoms with E-state index in [1.807, 2.05) is 38.1 Å². The van der Waals surface area contributed by atoms with Crippen molar-refractivity contribution in [1.82, 2.24) is 4.98 Å². The number of aromatic nitrogens is 1. The van der Waals surface area contributed by atoms with Crippen LogP contribution < -0.4 is 11.1 Å². The molecule has 19 heavy (non-hydrogen) atoms. The molecule has 0 spiro atoms. The second kappa shape index (κ2) is 5.67. The van der Waals surface area contributed by atoms with Crippen molar-refractivity contribution in [3.05, 3.63) is 34.9 Å². The van der Waals surface area contributed by atoms with E-state index in [0.717, 1.165) is 15.4 Å². The van der Waals surface area contributed by atoms with Crippen LogP contribution in [-0.2, 0) is 4.79 Å². The van der Waals surface area contributed by atoms with Crippen LogP contribution in [0.15, 0.2) is 34.9 Å². The summed E-state index contributed by atoms with van der Waals surface area (Å²) in [6, 6.07) is 7.47. The van der Waals surface area contributed by atoms with Gasteiger partial charge in [0.15, 0.2) is 0 Å². The van der Waals surface area contributed by atoms with Crippen molar-refractivity contribution in [2.45, 2.75) is 19.9 Å².